The van der Waals surface area contributed by atoms with E-state index in [-0.39, 0.29) is 5.91 Å². The van der Waals surface area contributed by atoms with Gasteiger partial charge in [0, 0.05) is 31.1 Å². The van der Waals surface area contributed by atoms with Gasteiger partial charge in [-0.3, -0.25) is 4.79 Å². The fourth-order valence-corrected chi connectivity index (χ4v) is 2.50. The molecule has 0 spiro atoms. The maximum Gasteiger partial charge on any atom is 0.251 e. The normalized spacial score (nSPS) is 19.3. The average Bonchev–Trinajstić information content (AvgIpc) is 2.75. The van der Waals surface area contributed by atoms with E-state index in [9.17, 15) is 4.79 Å². The molecule has 1 amide bonds. The maximum atomic E-state index is 12.3. The van der Waals surface area contributed by atoms with E-state index in [1.165, 1.54) is 0 Å². The Morgan fingerprint density at radius 1 is 1.36 bits per heavy atom. The van der Waals surface area contributed by atoms with Gasteiger partial charge in [0.15, 0.2) is 11.5 Å². The molecule has 1 aliphatic heterocycles. The van der Waals surface area contributed by atoms with Crippen LogP contribution in [0.25, 0.3) is 0 Å². The van der Waals surface area contributed by atoms with E-state index in [0.717, 1.165) is 19.7 Å². The molecule has 122 valence electrons. The number of benzene rings is 1. The summed E-state index contributed by atoms with van der Waals surface area (Å²) in [6, 6.07) is 5.15. The van der Waals surface area contributed by atoms with Crippen LogP contribution in [0.3, 0.4) is 0 Å². The lowest BCUT2D eigenvalue weighted by Crippen LogP contribution is -2.35. The third kappa shape index (κ3) is 4.35. The topological polar surface area (TPSA) is 60.0 Å². The predicted molar refractivity (Wildman–Crippen MR) is 83.7 cm³/mol. The second-order valence-electron chi connectivity index (χ2n) is 5.48. The van der Waals surface area contributed by atoms with Crippen molar-refractivity contribution in [3.05, 3.63) is 23.8 Å². The van der Waals surface area contributed by atoms with E-state index in [4.69, 9.17) is 14.2 Å². The number of carbonyl (C=O) groups is 1. The number of hydrogen-bond acceptors (Lipinski definition) is 5. The first-order valence-corrected chi connectivity index (χ1v) is 7.40. The first kappa shape index (κ1) is 16.6. The SMILES string of the molecule is COc1ccc(C(=O)NC[C@H]2COCCN(C)C2)cc1OC. The zero-order chi connectivity index (χ0) is 15.9. The fourth-order valence-electron chi connectivity index (χ4n) is 2.50. The molecule has 0 aromatic heterocycles. The van der Waals surface area contributed by atoms with Crippen molar-refractivity contribution >= 4 is 5.91 Å². The number of likely N-dealkylation sites (N-methyl/N-ethyl adjacent to an activating group) is 1. The summed E-state index contributed by atoms with van der Waals surface area (Å²) in [6.45, 7) is 3.87. The van der Waals surface area contributed by atoms with E-state index < -0.39 is 0 Å². The molecule has 6 nitrogen and oxygen atoms in total. The largest absolute Gasteiger partial charge is 0.493 e. The molecule has 1 fully saturated rings. The smallest absolute Gasteiger partial charge is 0.251 e. The zero-order valence-corrected chi connectivity index (χ0v) is 13.4. The second-order valence-corrected chi connectivity index (χ2v) is 5.48. The van der Waals surface area contributed by atoms with Gasteiger partial charge in [-0.15, -0.1) is 0 Å². The second kappa shape index (κ2) is 8.00. The van der Waals surface area contributed by atoms with E-state index in [0.29, 0.717) is 36.1 Å². The van der Waals surface area contributed by atoms with Gasteiger partial charge < -0.3 is 24.4 Å². The standard InChI is InChI=1S/C16H24N2O4/c1-18-6-7-22-11-12(10-18)9-17-16(19)13-4-5-14(20-2)15(8-13)21-3/h4-5,8,12H,6-7,9-11H2,1-3H3,(H,17,19)/t12-/m1/s1. The van der Waals surface area contributed by atoms with Crippen molar-refractivity contribution in [3.63, 3.8) is 0 Å². The Labute approximate surface area is 131 Å². The first-order chi connectivity index (χ1) is 10.6. The van der Waals surface area contributed by atoms with Crippen LogP contribution in [0, 0.1) is 5.92 Å². The van der Waals surface area contributed by atoms with Gasteiger partial charge in [-0.2, -0.15) is 0 Å². The minimum atomic E-state index is -0.118. The molecular weight excluding hydrogens is 284 g/mol. The molecule has 1 heterocycles. The summed E-state index contributed by atoms with van der Waals surface area (Å²) in [4.78, 5) is 14.5. The third-order valence-electron chi connectivity index (χ3n) is 3.74. The number of methoxy groups -OCH3 is 2. The van der Waals surface area contributed by atoms with Gasteiger partial charge in [0.2, 0.25) is 0 Å². The lowest BCUT2D eigenvalue weighted by molar-refractivity contribution is 0.0921. The lowest BCUT2D eigenvalue weighted by Gasteiger charge is -2.19. The Kier molecular flexibility index (Phi) is 6.03. The highest BCUT2D eigenvalue weighted by molar-refractivity contribution is 5.94. The van der Waals surface area contributed by atoms with Gasteiger partial charge in [-0.05, 0) is 25.2 Å². The Bertz CT molecular complexity index is 507. The quantitative estimate of drug-likeness (QED) is 0.880. The molecule has 1 aromatic carbocycles. The number of nitrogens with zero attached hydrogens (tertiary/aromatic N) is 1. The summed E-state index contributed by atoms with van der Waals surface area (Å²) in [6.07, 6.45) is 0. The van der Waals surface area contributed by atoms with Crippen molar-refractivity contribution in [1.82, 2.24) is 10.2 Å². The van der Waals surface area contributed by atoms with Crippen LogP contribution < -0.4 is 14.8 Å². The fraction of sp³-hybridized carbons (Fsp3) is 0.562. The lowest BCUT2D eigenvalue weighted by atomic mass is 10.1. The van der Waals surface area contributed by atoms with Crippen molar-refractivity contribution in [2.24, 2.45) is 5.92 Å². The molecule has 0 unspecified atom stereocenters. The van der Waals surface area contributed by atoms with Gasteiger partial charge in [0.25, 0.3) is 5.91 Å². The number of ether oxygens (including phenoxy) is 3. The molecule has 0 aliphatic carbocycles. The molecule has 2 rings (SSSR count). The van der Waals surface area contributed by atoms with Crippen LogP contribution in [0.1, 0.15) is 10.4 Å². The number of rotatable bonds is 5. The minimum absolute atomic E-state index is 0.118. The first-order valence-electron chi connectivity index (χ1n) is 7.40. The summed E-state index contributed by atoms with van der Waals surface area (Å²) >= 11 is 0. The van der Waals surface area contributed by atoms with Crippen molar-refractivity contribution in [2.75, 3.05) is 54.1 Å². The summed E-state index contributed by atoms with van der Waals surface area (Å²) in [7, 11) is 5.19. The highest BCUT2D eigenvalue weighted by atomic mass is 16.5. The molecule has 1 aromatic rings. The average molecular weight is 308 g/mol. The molecule has 0 bridgehead atoms. The monoisotopic (exact) mass is 308 g/mol. The molecule has 1 N–H and O–H groups in total. The van der Waals surface area contributed by atoms with Gasteiger partial charge in [-0.25, -0.2) is 0 Å². The van der Waals surface area contributed by atoms with Crippen molar-refractivity contribution in [3.8, 4) is 11.5 Å². The molecule has 0 radical (unpaired) electrons. The number of hydrogen-bond donors (Lipinski definition) is 1. The van der Waals surface area contributed by atoms with Crippen LogP contribution in [-0.4, -0.2) is 64.9 Å². The van der Waals surface area contributed by atoms with Gasteiger partial charge in [0.1, 0.15) is 0 Å². The van der Waals surface area contributed by atoms with E-state index in [1.807, 2.05) is 0 Å². The van der Waals surface area contributed by atoms with Crippen molar-refractivity contribution < 1.29 is 19.0 Å². The van der Waals surface area contributed by atoms with E-state index in [2.05, 4.69) is 17.3 Å². The van der Waals surface area contributed by atoms with Crippen LogP contribution in [-0.2, 0) is 4.74 Å². The summed E-state index contributed by atoms with van der Waals surface area (Å²) in [5.41, 5.74) is 0.556. The third-order valence-corrected chi connectivity index (χ3v) is 3.74. The Morgan fingerprint density at radius 3 is 2.86 bits per heavy atom. The van der Waals surface area contributed by atoms with Crippen molar-refractivity contribution in [2.45, 2.75) is 0 Å². The van der Waals surface area contributed by atoms with Crippen LogP contribution in [0.2, 0.25) is 0 Å². The van der Waals surface area contributed by atoms with E-state index >= 15 is 0 Å². The summed E-state index contributed by atoms with van der Waals surface area (Å²) in [5, 5.41) is 2.96. The zero-order valence-electron chi connectivity index (χ0n) is 13.4. The highest BCUT2D eigenvalue weighted by Gasteiger charge is 2.18. The number of nitrogens with one attached hydrogen (secondary N) is 1. The maximum absolute atomic E-state index is 12.3. The number of carbonyl (C=O) groups excluding carboxylic acids is 1. The summed E-state index contributed by atoms with van der Waals surface area (Å²) < 4.78 is 15.9. The molecular formula is C16H24N2O4. The van der Waals surface area contributed by atoms with Crippen LogP contribution in [0.4, 0.5) is 0 Å². The Balaban J connectivity index is 1.94. The highest BCUT2D eigenvalue weighted by Crippen LogP contribution is 2.27. The van der Waals surface area contributed by atoms with Gasteiger partial charge >= 0.3 is 0 Å². The molecule has 6 heteroatoms. The summed E-state index contributed by atoms with van der Waals surface area (Å²) in [5.74, 6) is 1.34. The van der Waals surface area contributed by atoms with Crippen molar-refractivity contribution in [1.29, 1.82) is 0 Å². The van der Waals surface area contributed by atoms with Crippen LogP contribution >= 0.6 is 0 Å². The molecule has 1 saturated heterocycles. The molecule has 1 aliphatic rings. The predicted octanol–water partition coefficient (Wildman–Crippen LogP) is 1.01. The van der Waals surface area contributed by atoms with Crippen LogP contribution in [0.15, 0.2) is 18.2 Å². The number of amides is 1. The van der Waals surface area contributed by atoms with E-state index in [1.54, 1.807) is 32.4 Å². The molecule has 0 saturated carbocycles. The Hall–Kier alpha value is -1.79. The molecule has 22 heavy (non-hydrogen) atoms. The minimum Gasteiger partial charge on any atom is -0.493 e. The van der Waals surface area contributed by atoms with Gasteiger partial charge in [-0.1, -0.05) is 0 Å². The van der Waals surface area contributed by atoms with Gasteiger partial charge in [0.05, 0.1) is 27.4 Å². The molecule has 1 atom stereocenters. The van der Waals surface area contributed by atoms with Crippen LogP contribution in [0.5, 0.6) is 11.5 Å². The Morgan fingerprint density at radius 2 is 2.14 bits per heavy atom.